The lowest BCUT2D eigenvalue weighted by Gasteiger charge is -2.22. The fourth-order valence-electron chi connectivity index (χ4n) is 4.25. The first-order chi connectivity index (χ1) is 13.2. The van der Waals surface area contributed by atoms with Crippen LogP contribution in [0.1, 0.15) is 54.4 Å². The molecular weight excluding hydrogens is 326 g/mol. The van der Waals surface area contributed by atoms with E-state index in [1.807, 2.05) is 6.20 Å². The molecule has 1 saturated carbocycles. The molecule has 1 heteroatoms. The zero-order chi connectivity index (χ0) is 18.4. The fourth-order valence-corrected chi connectivity index (χ4v) is 4.25. The van der Waals surface area contributed by atoms with Gasteiger partial charge in [-0.25, -0.2) is 0 Å². The molecule has 0 spiro atoms. The Morgan fingerprint density at radius 1 is 0.963 bits per heavy atom. The number of nitrogens with zero attached hydrogens (tertiary/aromatic N) is 1. The van der Waals surface area contributed by atoms with Crippen LogP contribution in [0, 0.1) is 12.8 Å². The number of hydrogen-bond acceptors (Lipinski definition) is 1. The zero-order valence-electron chi connectivity index (χ0n) is 16.1. The summed E-state index contributed by atoms with van der Waals surface area (Å²) in [6.07, 6.45) is 10.4. The van der Waals surface area contributed by atoms with E-state index in [-0.39, 0.29) is 0 Å². The summed E-state index contributed by atoms with van der Waals surface area (Å²) in [6.45, 7) is 4.48. The van der Waals surface area contributed by atoms with Crippen molar-refractivity contribution in [2.24, 2.45) is 5.92 Å². The highest BCUT2D eigenvalue weighted by molar-refractivity contribution is 5.99. The van der Waals surface area contributed by atoms with Crippen LogP contribution in [0.25, 0.3) is 22.0 Å². The second kappa shape index (κ2) is 6.49. The van der Waals surface area contributed by atoms with Crippen molar-refractivity contribution in [2.75, 3.05) is 0 Å². The monoisotopic (exact) mass is 351 g/mol. The van der Waals surface area contributed by atoms with Crippen LogP contribution < -0.4 is 0 Å². The zero-order valence-corrected chi connectivity index (χ0v) is 16.1. The molecule has 0 N–H and O–H groups in total. The second-order valence-corrected chi connectivity index (χ2v) is 8.19. The molecule has 5 rings (SSSR count). The molecule has 2 aromatic carbocycles. The van der Waals surface area contributed by atoms with Crippen molar-refractivity contribution in [3.8, 4) is 0 Å². The van der Waals surface area contributed by atoms with Crippen LogP contribution >= 0.6 is 0 Å². The van der Waals surface area contributed by atoms with E-state index in [1.165, 1.54) is 51.6 Å². The number of rotatable bonds is 3. The van der Waals surface area contributed by atoms with Gasteiger partial charge >= 0.3 is 0 Å². The molecule has 0 radical (unpaired) electrons. The van der Waals surface area contributed by atoms with Gasteiger partial charge in [0.05, 0.1) is 5.52 Å². The molecule has 0 amide bonds. The van der Waals surface area contributed by atoms with E-state index in [1.54, 1.807) is 0 Å². The van der Waals surface area contributed by atoms with E-state index in [0.29, 0.717) is 5.92 Å². The number of aryl methyl sites for hydroxylation is 1. The first-order valence-corrected chi connectivity index (χ1v) is 10.1. The van der Waals surface area contributed by atoms with Gasteiger partial charge in [-0.1, -0.05) is 49.4 Å². The van der Waals surface area contributed by atoms with Crippen LogP contribution in [0.2, 0.25) is 0 Å². The molecule has 27 heavy (non-hydrogen) atoms. The minimum atomic E-state index is 0.581. The van der Waals surface area contributed by atoms with Crippen LogP contribution in [-0.4, -0.2) is 4.98 Å². The van der Waals surface area contributed by atoms with E-state index < -0.39 is 0 Å². The molecule has 1 aromatic heterocycles. The van der Waals surface area contributed by atoms with Crippen molar-refractivity contribution in [3.63, 3.8) is 0 Å². The lowest BCUT2D eigenvalue weighted by molar-refractivity contribution is 0.750. The highest BCUT2D eigenvalue weighted by atomic mass is 14.6. The van der Waals surface area contributed by atoms with Gasteiger partial charge in [-0.2, -0.15) is 0 Å². The predicted molar refractivity (Wildman–Crippen MR) is 115 cm³/mol. The van der Waals surface area contributed by atoms with Gasteiger partial charge in [0.1, 0.15) is 0 Å². The van der Waals surface area contributed by atoms with Crippen LogP contribution in [0.4, 0.5) is 0 Å². The Morgan fingerprint density at radius 2 is 1.85 bits per heavy atom. The standard InChI is InChI=1S/C26H25N/c1-17-6-10-23(22-9-11-26-24(16-22)18(2)12-13-27-26)25(14-17)21-5-3-4-20(15-21)19-7-8-19/h3-6,9-13,15-17,19H,7-8,14H2,1-2H3. The third-order valence-corrected chi connectivity index (χ3v) is 6.00. The van der Waals surface area contributed by atoms with Gasteiger partial charge in [-0.3, -0.25) is 4.98 Å². The van der Waals surface area contributed by atoms with Crippen LogP contribution in [0.3, 0.4) is 0 Å². The molecule has 134 valence electrons. The summed E-state index contributed by atoms with van der Waals surface area (Å²) in [4.78, 5) is 4.52. The van der Waals surface area contributed by atoms with E-state index in [2.05, 4.69) is 79.5 Å². The molecular formula is C26H25N. The maximum atomic E-state index is 4.52. The van der Waals surface area contributed by atoms with Crippen molar-refractivity contribution < 1.29 is 0 Å². The first kappa shape index (κ1) is 16.5. The van der Waals surface area contributed by atoms with E-state index in [4.69, 9.17) is 0 Å². The maximum absolute atomic E-state index is 4.52. The van der Waals surface area contributed by atoms with Crippen molar-refractivity contribution in [1.82, 2.24) is 4.98 Å². The molecule has 1 nitrogen and oxygen atoms in total. The lowest BCUT2D eigenvalue weighted by Crippen LogP contribution is -2.02. The number of aromatic nitrogens is 1. The fraction of sp³-hybridized carbons (Fsp3) is 0.269. The van der Waals surface area contributed by atoms with E-state index in [9.17, 15) is 0 Å². The maximum Gasteiger partial charge on any atom is 0.0705 e. The lowest BCUT2D eigenvalue weighted by atomic mass is 9.83. The smallest absolute Gasteiger partial charge is 0.0705 e. The van der Waals surface area contributed by atoms with Gasteiger partial charge in [0.25, 0.3) is 0 Å². The van der Waals surface area contributed by atoms with Crippen molar-refractivity contribution in [2.45, 2.75) is 39.0 Å². The normalized spacial score (nSPS) is 19.7. The summed E-state index contributed by atoms with van der Waals surface area (Å²) in [5.41, 5.74) is 9.42. The first-order valence-electron chi connectivity index (χ1n) is 10.1. The Morgan fingerprint density at radius 3 is 2.70 bits per heavy atom. The van der Waals surface area contributed by atoms with Gasteiger partial charge in [0, 0.05) is 11.6 Å². The Balaban J connectivity index is 1.67. The third kappa shape index (κ3) is 3.12. The Kier molecular flexibility index (Phi) is 3.97. The second-order valence-electron chi connectivity index (χ2n) is 8.19. The predicted octanol–water partition coefficient (Wildman–Crippen LogP) is 6.93. The molecule has 2 aliphatic rings. The van der Waals surface area contributed by atoms with Gasteiger partial charge in [-0.15, -0.1) is 0 Å². The highest BCUT2D eigenvalue weighted by Crippen LogP contribution is 2.43. The molecule has 1 unspecified atom stereocenters. The molecule has 1 heterocycles. The number of fused-ring (bicyclic) bond motifs is 1. The van der Waals surface area contributed by atoms with E-state index >= 15 is 0 Å². The van der Waals surface area contributed by atoms with Crippen molar-refractivity contribution >= 4 is 22.0 Å². The number of hydrogen-bond donors (Lipinski definition) is 0. The molecule has 0 aliphatic heterocycles. The average Bonchev–Trinajstić information content (AvgIpc) is 3.54. The number of allylic oxidation sites excluding steroid dienone is 4. The number of pyridine rings is 1. The van der Waals surface area contributed by atoms with E-state index in [0.717, 1.165) is 17.9 Å². The van der Waals surface area contributed by atoms with Crippen LogP contribution in [0.5, 0.6) is 0 Å². The summed E-state index contributed by atoms with van der Waals surface area (Å²) in [6, 6.07) is 18.1. The largest absolute Gasteiger partial charge is 0.256 e. The SMILES string of the molecule is Cc1ccnc2ccc(C3=C(c4cccc(C5CC5)c4)CC(C)C=C3)cc12. The summed E-state index contributed by atoms with van der Waals surface area (Å²) in [5, 5.41) is 1.25. The Labute approximate surface area is 161 Å². The summed E-state index contributed by atoms with van der Waals surface area (Å²) in [7, 11) is 0. The topological polar surface area (TPSA) is 12.9 Å². The molecule has 1 atom stereocenters. The highest BCUT2D eigenvalue weighted by Gasteiger charge is 2.24. The van der Waals surface area contributed by atoms with Gasteiger partial charge in [-0.05, 0) is 89.6 Å². The van der Waals surface area contributed by atoms with Crippen molar-refractivity contribution in [1.29, 1.82) is 0 Å². The van der Waals surface area contributed by atoms with Crippen molar-refractivity contribution in [3.05, 3.63) is 89.1 Å². The molecule has 2 aliphatic carbocycles. The average molecular weight is 351 g/mol. The van der Waals surface area contributed by atoms with Gasteiger partial charge in [0.2, 0.25) is 0 Å². The quantitative estimate of drug-likeness (QED) is 0.498. The summed E-state index contributed by atoms with van der Waals surface area (Å²) < 4.78 is 0. The molecule has 3 aromatic rings. The van der Waals surface area contributed by atoms with Crippen LogP contribution in [-0.2, 0) is 0 Å². The third-order valence-electron chi connectivity index (χ3n) is 6.00. The van der Waals surface area contributed by atoms with Gasteiger partial charge in [0.15, 0.2) is 0 Å². The molecule has 1 fully saturated rings. The minimum absolute atomic E-state index is 0.581. The van der Waals surface area contributed by atoms with Crippen LogP contribution in [0.15, 0.2) is 66.9 Å². The van der Waals surface area contributed by atoms with Gasteiger partial charge < -0.3 is 0 Å². The molecule has 0 saturated heterocycles. The molecule has 0 bridgehead atoms. The summed E-state index contributed by atoms with van der Waals surface area (Å²) >= 11 is 0. The number of benzene rings is 2. The summed E-state index contributed by atoms with van der Waals surface area (Å²) in [5.74, 6) is 1.37. The Hall–Kier alpha value is -2.67. The minimum Gasteiger partial charge on any atom is -0.256 e. The Bertz CT molecular complexity index is 1080.